The molecule has 5 aromatic carbocycles. The second kappa shape index (κ2) is 18.4. The van der Waals surface area contributed by atoms with Gasteiger partial charge in [-0.3, -0.25) is 0 Å². The van der Waals surface area contributed by atoms with E-state index in [1.54, 1.807) is 104 Å². The predicted molar refractivity (Wildman–Crippen MR) is 229 cm³/mol. The molecule has 2 aliphatic rings. The summed E-state index contributed by atoms with van der Waals surface area (Å²) in [4.78, 5) is 3.45. The Labute approximate surface area is 345 Å². The van der Waals surface area contributed by atoms with Crippen LogP contribution in [0.1, 0.15) is 59.3 Å². The van der Waals surface area contributed by atoms with Crippen LogP contribution in [0, 0.1) is 6.57 Å². The Morgan fingerprint density at radius 1 is 0.729 bits per heavy atom. The molecule has 0 aliphatic heterocycles. The van der Waals surface area contributed by atoms with E-state index in [1.807, 2.05) is 26.0 Å². The summed E-state index contributed by atoms with van der Waals surface area (Å²) in [6, 6.07) is 29.8. The van der Waals surface area contributed by atoms with Crippen LogP contribution in [0.2, 0.25) is 0 Å². The van der Waals surface area contributed by atoms with Crippen molar-refractivity contribution in [1.82, 2.24) is 9.44 Å². The number of nitrogens with one attached hydrogen (secondary N) is 4. The summed E-state index contributed by atoms with van der Waals surface area (Å²) in [6.45, 7) is 11.2. The van der Waals surface area contributed by atoms with Crippen LogP contribution in [0.3, 0.4) is 0 Å². The molecule has 14 nitrogen and oxygen atoms in total. The van der Waals surface area contributed by atoms with E-state index < -0.39 is 44.3 Å². The number of aryl methyl sites for hydroxylation is 2. The summed E-state index contributed by atoms with van der Waals surface area (Å²) in [5.41, 5.74) is 12.9. The molecule has 8 N–H and O–H groups in total. The number of guanidine groups is 1. The van der Waals surface area contributed by atoms with E-state index in [1.165, 1.54) is 0 Å². The fraction of sp³-hybridized carbons (Fsp3) is 0.256. The minimum Gasteiger partial charge on any atom is -0.497 e. The van der Waals surface area contributed by atoms with Gasteiger partial charge in [-0.1, -0.05) is 56.3 Å². The van der Waals surface area contributed by atoms with Gasteiger partial charge in [0.15, 0.2) is 0 Å². The Morgan fingerprint density at radius 3 is 1.71 bits per heavy atom. The van der Waals surface area contributed by atoms with Crippen LogP contribution in [0.5, 0.6) is 5.75 Å². The third-order valence-electron chi connectivity index (χ3n) is 10.2. The normalized spacial score (nSPS) is 18.5. The first-order valence-corrected chi connectivity index (χ1v) is 21.9. The Balaban J connectivity index is 0.000000219. The SMILES string of the molecule is CCc1ccc(S(=O)(=O)N[C@@H]2c3cc(N)ccc3C[C@@H]2O)cc1.[C-]#[N+]/N=C(\Nc1cccc(OC)c1)Nc1ccc2c(c1)[C@@H](NS(=O)(=O)c1ccc(CC)cc1)[C@@H](O)C2. The van der Waals surface area contributed by atoms with Gasteiger partial charge in [-0.05, 0) is 107 Å². The summed E-state index contributed by atoms with van der Waals surface area (Å²) in [5.74, 6) is 0.832. The van der Waals surface area contributed by atoms with Crippen molar-refractivity contribution in [3.8, 4) is 5.75 Å². The highest BCUT2D eigenvalue weighted by Gasteiger charge is 2.36. The van der Waals surface area contributed by atoms with E-state index in [0.717, 1.165) is 40.7 Å². The van der Waals surface area contributed by atoms with Crippen LogP contribution in [0.4, 0.5) is 17.1 Å². The zero-order valence-electron chi connectivity index (χ0n) is 32.8. The van der Waals surface area contributed by atoms with E-state index in [0.29, 0.717) is 41.2 Å². The number of fused-ring (bicyclic) bond motifs is 2. The first kappa shape index (κ1) is 42.8. The summed E-state index contributed by atoms with van der Waals surface area (Å²) >= 11 is 0. The van der Waals surface area contributed by atoms with Gasteiger partial charge in [0.05, 0.1) is 41.2 Å². The third-order valence-corrected chi connectivity index (χ3v) is 13.1. The van der Waals surface area contributed by atoms with Gasteiger partial charge in [-0.2, -0.15) is 6.57 Å². The number of ether oxygens (including phenoxy) is 1. The number of nitrogen functional groups attached to an aromatic ring is 1. The highest BCUT2D eigenvalue weighted by molar-refractivity contribution is 7.89. The number of rotatable bonds is 11. The topological polar surface area (TPSA) is 209 Å². The Hall–Kier alpha value is -5.80. The first-order valence-electron chi connectivity index (χ1n) is 19.0. The lowest BCUT2D eigenvalue weighted by Crippen LogP contribution is -2.34. The lowest BCUT2D eigenvalue weighted by Gasteiger charge is -2.19. The third kappa shape index (κ3) is 10.3. The second-order valence-corrected chi connectivity index (χ2v) is 17.6. The van der Waals surface area contributed by atoms with Crippen LogP contribution >= 0.6 is 0 Å². The summed E-state index contributed by atoms with van der Waals surface area (Å²) in [6.07, 6.45) is 0.689. The molecular weight excluding hydrogens is 791 g/mol. The number of aliphatic hydroxyl groups excluding tert-OH is 2. The molecule has 0 bridgehead atoms. The molecule has 59 heavy (non-hydrogen) atoms. The largest absolute Gasteiger partial charge is 0.497 e. The molecule has 0 aromatic heterocycles. The van der Waals surface area contributed by atoms with Crippen molar-refractivity contribution in [3.05, 3.63) is 154 Å². The van der Waals surface area contributed by atoms with Crippen molar-refractivity contribution in [2.24, 2.45) is 5.10 Å². The average Bonchev–Trinajstić information content (AvgIpc) is 3.70. The van der Waals surface area contributed by atoms with E-state index in [2.05, 4.69) is 30.1 Å². The first-order chi connectivity index (χ1) is 28.2. The van der Waals surface area contributed by atoms with Gasteiger partial charge in [0.25, 0.3) is 5.96 Å². The van der Waals surface area contributed by atoms with E-state index in [-0.39, 0.29) is 15.8 Å². The molecule has 4 atom stereocenters. The highest BCUT2D eigenvalue weighted by Crippen LogP contribution is 2.36. The van der Waals surface area contributed by atoms with Gasteiger partial charge < -0.3 is 31.3 Å². The molecule has 0 heterocycles. The summed E-state index contributed by atoms with van der Waals surface area (Å²) in [5, 5.41) is 30.8. The van der Waals surface area contributed by atoms with E-state index in [4.69, 9.17) is 17.0 Å². The lowest BCUT2D eigenvalue weighted by molar-refractivity contribution is 0.151. The Kier molecular flexibility index (Phi) is 13.4. The maximum Gasteiger partial charge on any atom is 0.286 e. The number of nitrogens with zero attached hydrogens (tertiary/aromatic N) is 2. The summed E-state index contributed by atoms with van der Waals surface area (Å²) in [7, 11) is -6.00. The highest BCUT2D eigenvalue weighted by atomic mass is 32.2. The molecule has 16 heteroatoms. The molecule has 5 aromatic rings. The number of nitrogens with two attached hydrogens (primary N) is 1. The number of benzene rings is 5. The monoisotopic (exact) mass is 837 g/mol. The standard InChI is InChI=1S/C26H27N5O4S.C17H20N2O3S/c1-4-17-8-12-22(13-9-17)36(33,34)31-25-23-16-20(11-10-18(23)14-24(25)32)29-26(30-27-2)28-19-6-5-7-21(15-19)35-3;1-2-11-3-7-14(8-4-11)23(21,22)19-17-15-10-13(18)6-5-12(15)9-16(17)20/h5-13,15-16,24-25,31-32H,4,14H2,1,3H3,(H2,28,29,30);3-8,10,16-17,19-20H,2,9,18H2,1H3/t24-,25+;16-,17+/m00/s1. The fourth-order valence-corrected chi connectivity index (χ4v) is 9.50. The minimum atomic E-state index is -3.85. The van der Waals surface area contributed by atoms with Crippen molar-refractivity contribution < 1.29 is 31.8 Å². The van der Waals surface area contributed by atoms with E-state index >= 15 is 0 Å². The van der Waals surface area contributed by atoms with Gasteiger partial charge in [0.1, 0.15) is 10.9 Å². The second-order valence-electron chi connectivity index (χ2n) is 14.1. The number of hydrogen-bond acceptors (Lipinski definition) is 9. The van der Waals surface area contributed by atoms with Gasteiger partial charge in [0.2, 0.25) is 20.0 Å². The Morgan fingerprint density at radius 2 is 1.22 bits per heavy atom. The molecule has 0 saturated heterocycles. The fourth-order valence-electron chi connectivity index (χ4n) is 7.01. The zero-order chi connectivity index (χ0) is 42.3. The molecule has 0 fully saturated rings. The molecule has 0 unspecified atom stereocenters. The molecule has 2 aliphatic carbocycles. The van der Waals surface area contributed by atoms with Gasteiger partial charge in [-0.25, -0.2) is 26.3 Å². The number of hydrogen-bond donors (Lipinski definition) is 7. The molecule has 0 radical (unpaired) electrons. The smallest absolute Gasteiger partial charge is 0.286 e. The average molecular weight is 838 g/mol. The molecule has 0 saturated carbocycles. The number of methoxy groups -OCH3 is 1. The van der Waals surface area contributed by atoms with Gasteiger partial charge in [-0.15, -0.1) is 4.95 Å². The predicted octanol–water partition coefficient (Wildman–Crippen LogP) is 5.68. The number of sulfonamides is 2. The zero-order valence-corrected chi connectivity index (χ0v) is 34.4. The quantitative estimate of drug-likeness (QED) is 0.0285. The van der Waals surface area contributed by atoms with Crippen LogP contribution in [-0.2, 0) is 45.7 Å². The van der Waals surface area contributed by atoms with Crippen LogP contribution in [0.25, 0.3) is 4.95 Å². The number of aliphatic hydroxyl groups is 2. The van der Waals surface area contributed by atoms with Crippen molar-refractivity contribution in [3.63, 3.8) is 0 Å². The van der Waals surface area contributed by atoms with Crippen molar-refractivity contribution >= 4 is 43.1 Å². The van der Waals surface area contributed by atoms with Gasteiger partial charge in [0, 0.05) is 36.0 Å². The molecule has 308 valence electrons. The minimum absolute atomic E-state index is 0.142. The van der Waals surface area contributed by atoms with Crippen molar-refractivity contribution in [2.75, 3.05) is 23.5 Å². The maximum atomic E-state index is 13.0. The Bertz CT molecular complexity index is 2580. The van der Waals surface area contributed by atoms with Crippen LogP contribution < -0.4 is 30.5 Å². The van der Waals surface area contributed by atoms with Crippen molar-refractivity contribution in [2.45, 2.75) is 73.6 Å². The maximum absolute atomic E-state index is 13.0. The number of anilines is 3. The van der Waals surface area contributed by atoms with Crippen LogP contribution in [-0.4, -0.2) is 52.3 Å². The molecule has 0 amide bonds. The molecule has 7 rings (SSSR count). The lowest BCUT2D eigenvalue weighted by atomic mass is 10.1. The summed E-state index contributed by atoms with van der Waals surface area (Å²) < 4.78 is 61.7. The van der Waals surface area contributed by atoms with Crippen LogP contribution in [0.15, 0.2) is 124 Å². The molecule has 0 spiro atoms. The van der Waals surface area contributed by atoms with E-state index in [9.17, 15) is 27.0 Å². The van der Waals surface area contributed by atoms with Crippen molar-refractivity contribution in [1.29, 1.82) is 0 Å². The molecular formula is C43H47N7O7S2. The van der Waals surface area contributed by atoms with Gasteiger partial charge >= 0.3 is 0 Å².